The Labute approximate surface area is 542 Å². The zero-order valence-corrected chi connectivity index (χ0v) is 55.7. The van der Waals surface area contributed by atoms with Gasteiger partial charge in [0, 0.05) is 69.2 Å². The van der Waals surface area contributed by atoms with Crippen LogP contribution in [0.25, 0.3) is 0 Å². The fourth-order valence-electron chi connectivity index (χ4n) is 13.8. The average molecular weight is 1270 g/mol. The van der Waals surface area contributed by atoms with Crippen molar-refractivity contribution < 1.29 is 81.5 Å². The number of aliphatic hydroxyl groups is 2. The minimum atomic E-state index is -1.86. The smallest absolute Gasteiger partial charge is 0.459 e. The number of oxime groups is 1. The van der Waals surface area contributed by atoms with Gasteiger partial charge in [0.2, 0.25) is 5.60 Å². The Kier molecular flexibility index (Phi) is 24.3. The van der Waals surface area contributed by atoms with E-state index in [1.807, 2.05) is 193 Å². The van der Waals surface area contributed by atoms with Crippen LogP contribution in [0.4, 0.5) is 9.59 Å². The number of carbonyl (C=O) groups excluding carboxylic acids is 3. The number of amides is 1. The molecule has 8 rings (SSSR count). The van der Waals surface area contributed by atoms with E-state index in [2.05, 4.69) is 0 Å². The van der Waals surface area contributed by atoms with Gasteiger partial charge < -0.3 is 72.1 Å². The summed E-state index contributed by atoms with van der Waals surface area (Å²) in [7, 11) is 6.13. The standard InChI is InChI=1S/C73H96N2O17/c1-15-58-72(10,80)65(81-12)48(4)60(74-92-73(54-35-25-18-26-36-54,55-37-27-19-28-38-55)56-39-29-20-30-40-56)46(2)42-71(9,83-14)64(49(5)61(50(6)66(77)88-58)89-59-43-70(8,82-13)63(76)51(7)87-59)91-67-62(90-69(79)85-45-53-33-23-17-24-34-53)57(41-47(3)86-67)75(11)68(78)84-44-52-31-21-16-22-32-52/h16-40,46-51,57-59,61-65,67,76,80H,15,41-45H2,1-14H3/b74-60+/t46-,47-,48+,49+,50-,51+,57+,58-,59+,61+,62-,63+,64-,65-,67+,70-,71-,72-/m1/s1. The Hall–Kier alpha value is -6.78. The van der Waals surface area contributed by atoms with Gasteiger partial charge in [0.15, 0.2) is 18.7 Å². The molecule has 0 spiro atoms. The molecule has 3 aliphatic rings. The van der Waals surface area contributed by atoms with Gasteiger partial charge in [-0.05, 0) is 71.9 Å². The van der Waals surface area contributed by atoms with E-state index in [1.165, 1.54) is 19.1 Å². The number of hydrogen-bond acceptors (Lipinski definition) is 18. The van der Waals surface area contributed by atoms with Crippen LogP contribution in [0.5, 0.6) is 0 Å². The first kappa shape index (κ1) is 71.1. The number of nitrogens with zero attached hydrogens (tertiary/aromatic N) is 2. The number of ether oxygens (including phenoxy) is 11. The van der Waals surface area contributed by atoms with Gasteiger partial charge >= 0.3 is 18.2 Å². The zero-order chi connectivity index (χ0) is 66.5. The normalized spacial score (nSPS) is 32.9. The lowest BCUT2D eigenvalue weighted by Gasteiger charge is -2.50. The third-order valence-electron chi connectivity index (χ3n) is 19.1. The molecular formula is C73H96N2O17. The molecule has 5 aromatic carbocycles. The van der Waals surface area contributed by atoms with Gasteiger partial charge in [-0.1, -0.05) is 185 Å². The summed E-state index contributed by atoms with van der Waals surface area (Å²) in [6, 6.07) is 46.9. The molecule has 0 radical (unpaired) electrons. The van der Waals surface area contributed by atoms with Crippen LogP contribution in [-0.2, 0) is 80.6 Å². The van der Waals surface area contributed by atoms with Crippen LogP contribution in [0.2, 0.25) is 0 Å². The van der Waals surface area contributed by atoms with Crippen LogP contribution in [0.3, 0.4) is 0 Å². The molecule has 3 fully saturated rings. The molecule has 3 aliphatic heterocycles. The highest BCUT2D eigenvalue weighted by atomic mass is 16.8. The number of likely N-dealkylation sites (N-methyl/N-ethyl adjacent to an activating group) is 1. The first-order valence-electron chi connectivity index (χ1n) is 32.0. The Morgan fingerprint density at radius 2 is 1.17 bits per heavy atom. The van der Waals surface area contributed by atoms with E-state index in [4.69, 9.17) is 62.1 Å². The summed E-state index contributed by atoms with van der Waals surface area (Å²) in [5.41, 5.74) is -1.55. The van der Waals surface area contributed by atoms with E-state index in [9.17, 15) is 19.8 Å². The lowest BCUT2D eigenvalue weighted by molar-refractivity contribution is -0.319. The van der Waals surface area contributed by atoms with Crippen LogP contribution in [-0.4, -0.2) is 152 Å². The number of hydrogen-bond donors (Lipinski definition) is 2. The third kappa shape index (κ3) is 16.1. The fourth-order valence-corrected chi connectivity index (χ4v) is 13.8. The maximum atomic E-state index is 15.4. The monoisotopic (exact) mass is 1270 g/mol. The molecule has 1 amide bonds. The van der Waals surface area contributed by atoms with E-state index in [-0.39, 0.29) is 38.9 Å². The van der Waals surface area contributed by atoms with Crippen LogP contribution < -0.4 is 0 Å². The molecule has 3 saturated heterocycles. The van der Waals surface area contributed by atoms with Gasteiger partial charge in [0.1, 0.15) is 31.0 Å². The van der Waals surface area contributed by atoms with Crippen molar-refractivity contribution in [3.63, 3.8) is 0 Å². The second-order valence-electron chi connectivity index (χ2n) is 25.6. The predicted molar refractivity (Wildman–Crippen MR) is 345 cm³/mol. The van der Waals surface area contributed by atoms with E-state index in [0.717, 1.165) is 22.3 Å². The van der Waals surface area contributed by atoms with E-state index >= 15 is 4.79 Å². The molecular weight excluding hydrogens is 1180 g/mol. The molecule has 0 aromatic heterocycles. The van der Waals surface area contributed by atoms with Crippen molar-refractivity contribution in [1.29, 1.82) is 0 Å². The summed E-state index contributed by atoms with van der Waals surface area (Å²) >= 11 is 0. The summed E-state index contributed by atoms with van der Waals surface area (Å²) in [6.07, 6.45) is -12.3. The minimum absolute atomic E-state index is 0.0340. The number of benzene rings is 5. The highest BCUT2D eigenvalue weighted by Gasteiger charge is 2.56. The fraction of sp³-hybridized carbons (Fsp3) is 0.534. The summed E-state index contributed by atoms with van der Waals surface area (Å²) in [5, 5.41) is 29.8. The van der Waals surface area contributed by atoms with Crippen molar-refractivity contribution in [3.05, 3.63) is 179 Å². The van der Waals surface area contributed by atoms with E-state index in [1.54, 1.807) is 41.9 Å². The summed E-state index contributed by atoms with van der Waals surface area (Å²) in [4.78, 5) is 52.6. The SMILES string of the molecule is CC[C@H]1OC(=O)[C@H](C)[C@@H](O[C@H]2C[C@@](C)(OC)[C@@H](O)[C@H](C)O2)[C@H](C)[C@@H](O[C@@H]2O[C@H](C)C[C@H](N(C)C(=O)OCc3ccccc3)[C@H]2OC(=O)OCc2ccccc2)[C@](C)(OC)C[C@@H](C)/C(=N\OC(c2ccccc2)(c2ccccc2)c2ccccc2)[C@H](C)[C@@H](OC)[C@]1(C)O. The topological polar surface area (TPSA) is 218 Å². The maximum Gasteiger partial charge on any atom is 0.509 e. The minimum Gasteiger partial charge on any atom is -0.459 e. The quantitative estimate of drug-likeness (QED) is 0.0340. The number of carbonyl (C=O) groups is 3. The van der Waals surface area contributed by atoms with Gasteiger partial charge in [-0.2, -0.15) is 0 Å². The van der Waals surface area contributed by atoms with Crippen molar-refractivity contribution in [1.82, 2.24) is 4.90 Å². The molecule has 2 N–H and O–H groups in total. The molecule has 0 aliphatic carbocycles. The zero-order valence-electron chi connectivity index (χ0n) is 55.7. The highest BCUT2D eigenvalue weighted by molar-refractivity contribution is 5.89. The number of cyclic esters (lactones) is 1. The predicted octanol–water partition coefficient (Wildman–Crippen LogP) is 12.0. The highest BCUT2D eigenvalue weighted by Crippen LogP contribution is 2.45. The molecule has 0 bridgehead atoms. The van der Waals surface area contributed by atoms with Crippen molar-refractivity contribution in [2.75, 3.05) is 28.4 Å². The van der Waals surface area contributed by atoms with Crippen LogP contribution in [0, 0.1) is 23.7 Å². The molecule has 3 heterocycles. The Morgan fingerprint density at radius 1 is 0.663 bits per heavy atom. The van der Waals surface area contributed by atoms with E-state index < -0.39 is 132 Å². The van der Waals surface area contributed by atoms with Gasteiger partial charge in [0.05, 0.1) is 59.4 Å². The van der Waals surface area contributed by atoms with Crippen molar-refractivity contribution in [2.24, 2.45) is 28.8 Å². The van der Waals surface area contributed by atoms with Crippen LogP contribution in [0.1, 0.15) is 123 Å². The number of methoxy groups -OCH3 is 3. The number of rotatable bonds is 19. The second kappa shape index (κ2) is 31.4. The lowest BCUT2D eigenvalue weighted by Crippen LogP contribution is -2.62. The molecule has 18 atom stereocenters. The van der Waals surface area contributed by atoms with Crippen LogP contribution >= 0.6 is 0 Å². The van der Waals surface area contributed by atoms with E-state index in [0.29, 0.717) is 11.3 Å². The first-order chi connectivity index (χ1) is 43.9. The van der Waals surface area contributed by atoms with Gasteiger partial charge in [-0.15, -0.1) is 0 Å². The average Bonchev–Trinajstić information content (AvgIpc) is 0.767. The molecule has 19 heteroatoms. The van der Waals surface area contributed by atoms with Crippen molar-refractivity contribution in [2.45, 2.75) is 198 Å². The Balaban J connectivity index is 1.31. The molecule has 92 heavy (non-hydrogen) atoms. The molecule has 0 saturated carbocycles. The largest absolute Gasteiger partial charge is 0.509 e. The molecule has 19 nitrogen and oxygen atoms in total. The summed E-state index contributed by atoms with van der Waals surface area (Å²) in [5.74, 6) is -4.21. The number of esters is 1. The first-order valence-corrected chi connectivity index (χ1v) is 32.0. The van der Waals surface area contributed by atoms with Crippen molar-refractivity contribution in [3.8, 4) is 0 Å². The molecule has 5 aromatic rings. The lowest BCUT2D eigenvalue weighted by atomic mass is 9.73. The maximum absolute atomic E-state index is 15.4. The summed E-state index contributed by atoms with van der Waals surface area (Å²) in [6.45, 7) is 17.9. The van der Waals surface area contributed by atoms with Crippen LogP contribution in [0.15, 0.2) is 157 Å². The van der Waals surface area contributed by atoms with Gasteiger partial charge in [-0.3, -0.25) is 4.79 Å². The Bertz CT molecular complexity index is 3050. The third-order valence-corrected chi connectivity index (χ3v) is 19.1. The van der Waals surface area contributed by atoms with Gasteiger partial charge in [-0.25, -0.2) is 9.59 Å². The number of aliphatic hydroxyl groups excluding tert-OH is 1. The second-order valence-corrected chi connectivity index (χ2v) is 25.6. The summed E-state index contributed by atoms with van der Waals surface area (Å²) < 4.78 is 71.7. The Morgan fingerprint density at radius 3 is 1.67 bits per heavy atom. The van der Waals surface area contributed by atoms with Crippen molar-refractivity contribution >= 4 is 23.9 Å². The molecule has 500 valence electrons. The molecule has 0 unspecified atom stereocenters. The van der Waals surface area contributed by atoms with Gasteiger partial charge in [0.25, 0.3) is 0 Å².